The molecule has 1 unspecified atom stereocenters. The molecule has 1 aliphatic heterocycles. The maximum Gasteiger partial charge on any atom is 0.244 e. The molecule has 1 N–H and O–H groups in total. The zero-order valence-corrected chi connectivity index (χ0v) is 17.8. The minimum atomic E-state index is -3.90. The maximum atomic E-state index is 13.5. The minimum Gasteiger partial charge on any atom is -0.325 e. The number of benzene rings is 3. The van der Waals surface area contributed by atoms with E-state index in [0.29, 0.717) is 11.3 Å². The third-order valence-electron chi connectivity index (χ3n) is 5.39. The van der Waals surface area contributed by atoms with Gasteiger partial charge in [0, 0.05) is 12.2 Å². The number of nitrogens with one attached hydrogen (secondary N) is 1. The summed E-state index contributed by atoms with van der Waals surface area (Å²) in [5.74, 6) is -0.430. The van der Waals surface area contributed by atoms with Crippen LogP contribution in [0.3, 0.4) is 0 Å². The lowest BCUT2D eigenvalue weighted by Gasteiger charge is -2.35. The Morgan fingerprint density at radius 3 is 2.45 bits per heavy atom. The van der Waals surface area contributed by atoms with E-state index in [2.05, 4.69) is 5.32 Å². The predicted molar refractivity (Wildman–Crippen MR) is 118 cm³/mol. The summed E-state index contributed by atoms with van der Waals surface area (Å²) < 4.78 is 28.2. The molecule has 0 spiro atoms. The van der Waals surface area contributed by atoms with Crippen molar-refractivity contribution in [2.75, 3.05) is 5.32 Å². The number of amides is 1. The summed E-state index contributed by atoms with van der Waals surface area (Å²) in [6.07, 6.45) is 0.269. The number of carbonyl (C=O) groups excluding carboxylic acids is 1. The van der Waals surface area contributed by atoms with Crippen molar-refractivity contribution < 1.29 is 13.2 Å². The van der Waals surface area contributed by atoms with Gasteiger partial charge in [-0.15, -0.1) is 0 Å². The van der Waals surface area contributed by atoms with E-state index < -0.39 is 22.0 Å². The van der Waals surface area contributed by atoms with Crippen LogP contribution < -0.4 is 5.32 Å². The fourth-order valence-corrected chi connectivity index (χ4v) is 5.28. The van der Waals surface area contributed by atoms with Crippen LogP contribution in [0.2, 0.25) is 0 Å². The van der Waals surface area contributed by atoms with Crippen LogP contribution in [0.1, 0.15) is 22.3 Å². The average Bonchev–Trinajstić information content (AvgIpc) is 2.78. The van der Waals surface area contributed by atoms with Gasteiger partial charge in [-0.2, -0.15) is 9.57 Å². The number of sulfonamides is 1. The van der Waals surface area contributed by atoms with Gasteiger partial charge in [-0.05, 0) is 54.8 Å². The number of nitriles is 1. The van der Waals surface area contributed by atoms with Crippen molar-refractivity contribution in [1.82, 2.24) is 4.31 Å². The number of hydrogen-bond acceptors (Lipinski definition) is 4. The van der Waals surface area contributed by atoms with Crippen LogP contribution >= 0.6 is 0 Å². The highest BCUT2D eigenvalue weighted by molar-refractivity contribution is 7.89. The molecule has 1 atom stereocenters. The number of rotatable bonds is 4. The summed E-state index contributed by atoms with van der Waals surface area (Å²) in [5.41, 5.74) is 3.65. The predicted octanol–water partition coefficient (Wildman–Crippen LogP) is 3.62. The summed E-state index contributed by atoms with van der Waals surface area (Å²) in [7, 11) is -3.90. The first-order valence-corrected chi connectivity index (χ1v) is 11.3. The standard InChI is InChI=1S/C24H21N3O3S/c1-17-9-11-22(12-10-17)31(29,30)27-16-20-7-3-2-6-19(20)14-23(27)24(28)26-21-8-4-5-18(13-21)15-25/h2-13,23H,14,16H2,1H3,(H,26,28). The second-order valence-corrected chi connectivity index (χ2v) is 9.42. The van der Waals surface area contributed by atoms with E-state index in [0.717, 1.165) is 16.7 Å². The normalized spacial score (nSPS) is 16.2. The van der Waals surface area contributed by atoms with Crippen molar-refractivity contribution in [3.05, 3.63) is 95.1 Å². The Balaban J connectivity index is 1.71. The van der Waals surface area contributed by atoms with E-state index in [1.807, 2.05) is 37.3 Å². The minimum absolute atomic E-state index is 0.114. The molecule has 3 aromatic rings. The van der Waals surface area contributed by atoms with Gasteiger partial charge in [-0.25, -0.2) is 8.42 Å². The molecule has 7 heteroatoms. The topological polar surface area (TPSA) is 90.3 Å². The molecule has 1 aliphatic rings. The molecule has 0 radical (unpaired) electrons. The molecule has 3 aromatic carbocycles. The van der Waals surface area contributed by atoms with Crippen molar-refractivity contribution in [3.63, 3.8) is 0 Å². The summed E-state index contributed by atoms with van der Waals surface area (Å²) in [6.45, 7) is 2.00. The largest absolute Gasteiger partial charge is 0.325 e. The Bertz CT molecular complexity index is 1280. The van der Waals surface area contributed by atoms with Gasteiger partial charge in [-0.1, -0.05) is 48.0 Å². The highest BCUT2D eigenvalue weighted by Gasteiger charge is 2.39. The number of nitrogens with zero attached hydrogens (tertiary/aromatic N) is 2. The Morgan fingerprint density at radius 2 is 1.74 bits per heavy atom. The number of aryl methyl sites for hydroxylation is 1. The van der Waals surface area contributed by atoms with Gasteiger partial charge in [-0.3, -0.25) is 4.79 Å². The third kappa shape index (κ3) is 4.22. The molecule has 6 nitrogen and oxygen atoms in total. The van der Waals surface area contributed by atoms with Crippen LogP contribution in [0, 0.1) is 18.3 Å². The van der Waals surface area contributed by atoms with Crippen LogP contribution in [0.4, 0.5) is 5.69 Å². The molecule has 156 valence electrons. The Kier molecular flexibility index (Phi) is 5.59. The van der Waals surface area contributed by atoms with Crippen LogP contribution in [-0.2, 0) is 27.8 Å². The van der Waals surface area contributed by atoms with Gasteiger partial charge >= 0.3 is 0 Å². The number of fused-ring (bicyclic) bond motifs is 1. The quantitative estimate of drug-likeness (QED) is 0.683. The Hall–Kier alpha value is -3.47. The lowest BCUT2D eigenvalue weighted by Crippen LogP contribution is -2.50. The van der Waals surface area contributed by atoms with Crippen molar-refractivity contribution in [3.8, 4) is 6.07 Å². The summed E-state index contributed by atoms with van der Waals surface area (Å²) in [6, 6.07) is 21.8. The lowest BCUT2D eigenvalue weighted by atomic mass is 9.95. The highest BCUT2D eigenvalue weighted by Crippen LogP contribution is 2.30. The molecule has 0 aromatic heterocycles. The summed E-state index contributed by atoms with van der Waals surface area (Å²) in [5, 5.41) is 11.9. The molecule has 0 saturated heterocycles. The van der Waals surface area contributed by atoms with E-state index >= 15 is 0 Å². The number of carbonyl (C=O) groups is 1. The Morgan fingerprint density at radius 1 is 1.03 bits per heavy atom. The summed E-state index contributed by atoms with van der Waals surface area (Å²) >= 11 is 0. The first-order valence-electron chi connectivity index (χ1n) is 9.85. The van der Waals surface area contributed by atoms with Crippen LogP contribution in [0.5, 0.6) is 0 Å². The van der Waals surface area contributed by atoms with Gasteiger partial charge in [0.2, 0.25) is 15.9 Å². The molecule has 0 bridgehead atoms. The van der Waals surface area contributed by atoms with E-state index in [4.69, 9.17) is 5.26 Å². The average molecular weight is 432 g/mol. The lowest BCUT2D eigenvalue weighted by molar-refractivity contribution is -0.120. The maximum absolute atomic E-state index is 13.5. The molecule has 0 fully saturated rings. The van der Waals surface area contributed by atoms with Gasteiger partial charge in [0.1, 0.15) is 6.04 Å². The van der Waals surface area contributed by atoms with Gasteiger partial charge < -0.3 is 5.32 Å². The first-order chi connectivity index (χ1) is 14.9. The van der Waals surface area contributed by atoms with E-state index in [1.165, 1.54) is 4.31 Å². The number of anilines is 1. The second-order valence-electron chi connectivity index (χ2n) is 7.53. The first kappa shape index (κ1) is 20.8. The van der Waals surface area contributed by atoms with Crippen molar-refractivity contribution in [2.45, 2.75) is 30.8 Å². The van der Waals surface area contributed by atoms with Crippen molar-refractivity contribution in [1.29, 1.82) is 5.26 Å². The molecule has 1 amide bonds. The zero-order valence-electron chi connectivity index (χ0n) is 16.9. The second kappa shape index (κ2) is 8.34. The summed E-state index contributed by atoms with van der Waals surface area (Å²) in [4.78, 5) is 13.4. The zero-order chi connectivity index (χ0) is 22.0. The van der Waals surface area contributed by atoms with Gasteiger partial charge in [0.15, 0.2) is 0 Å². The molecule has 31 heavy (non-hydrogen) atoms. The molecular formula is C24H21N3O3S. The monoisotopic (exact) mass is 431 g/mol. The molecule has 4 rings (SSSR count). The Labute approximate surface area is 181 Å². The third-order valence-corrected chi connectivity index (χ3v) is 7.26. The van der Waals surface area contributed by atoms with Gasteiger partial charge in [0.05, 0.1) is 16.5 Å². The van der Waals surface area contributed by atoms with Crippen molar-refractivity contribution in [2.24, 2.45) is 0 Å². The van der Waals surface area contributed by atoms with Crippen LogP contribution in [-0.4, -0.2) is 24.7 Å². The molecule has 1 heterocycles. The van der Waals surface area contributed by atoms with Gasteiger partial charge in [0.25, 0.3) is 0 Å². The van der Waals surface area contributed by atoms with Crippen LogP contribution in [0.15, 0.2) is 77.7 Å². The SMILES string of the molecule is Cc1ccc(S(=O)(=O)N2Cc3ccccc3CC2C(=O)Nc2cccc(C#N)c2)cc1. The highest BCUT2D eigenvalue weighted by atomic mass is 32.2. The van der Waals surface area contributed by atoms with E-state index in [9.17, 15) is 13.2 Å². The van der Waals surface area contributed by atoms with Crippen LogP contribution in [0.25, 0.3) is 0 Å². The molecule has 0 aliphatic carbocycles. The number of hydrogen-bond donors (Lipinski definition) is 1. The van der Waals surface area contributed by atoms with E-state index in [1.54, 1.807) is 48.5 Å². The fraction of sp³-hybridized carbons (Fsp3) is 0.167. The van der Waals surface area contributed by atoms with E-state index in [-0.39, 0.29) is 17.9 Å². The molecule has 0 saturated carbocycles. The molecular weight excluding hydrogens is 410 g/mol. The van der Waals surface area contributed by atoms with Crippen molar-refractivity contribution >= 4 is 21.6 Å². The fourth-order valence-electron chi connectivity index (χ4n) is 3.71. The smallest absolute Gasteiger partial charge is 0.244 e.